The van der Waals surface area contributed by atoms with Gasteiger partial charge in [-0.1, -0.05) is 30.3 Å². The zero-order valence-electron chi connectivity index (χ0n) is 29.7. The van der Waals surface area contributed by atoms with Crippen molar-refractivity contribution in [2.24, 2.45) is 16.5 Å². The normalized spacial score (nSPS) is 13.5. The molecule has 0 bridgehead atoms. The zero-order valence-corrected chi connectivity index (χ0v) is 29.7. The van der Waals surface area contributed by atoms with E-state index in [2.05, 4.69) is 26.3 Å². The van der Waals surface area contributed by atoms with Gasteiger partial charge in [-0.25, -0.2) is 0 Å². The number of nitrogens with one attached hydrogen (secondary N) is 5. The molecule has 19 heteroatoms. The number of rotatable bonds is 21. The highest BCUT2D eigenvalue weighted by Gasteiger charge is 2.31. The summed E-state index contributed by atoms with van der Waals surface area (Å²) in [5, 5.41) is 39.3. The fourth-order valence-electron chi connectivity index (χ4n) is 5.11. The highest BCUT2D eigenvalue weighted by atomic mass is 16.5. The molecule has 0 fully saturated rings. The predicted octanol–water partition coefficient (Wildman–Crippen LogP) is -1.76. The molecule has 12 N–H and O–H groups in total. The van der Waals surface area contributed by atoms with E-state index in [-0.39, 0.29) is 32.0 Å². The molecule has 1 aliphatic rings. The quantitative estimate of drug-likeness (QED) is 0.0292. The highest BCUT2D eigenvalue weighted by molar-refractivity contribution is 5.99. The molecule has 5 amide bonds. The van der Waals surface area contributed by atoms with E-state index < -0.39 is 79.1 Å². The molecule has 0 spiro atoms. The van der Waals surface area contributed by atoms with Crippen LogP contribution in [0.3, 0.4) is 0 Å². The molecule has 294 valence electrons. The summed E-state index contributed by atoms with van der Waals surface area (Å²) in [7, 11) is 0. The maximum absolute atomic E-state index is 13.7. The third kappa shape index (κ3) is 15.5. The summed E-state index contributed by atoms with van der Waals surface area (Å²) in [5.74, 6) is -7.57. The number of benzene rings is 2. The first kappa shape index (κ1) is 42.8. The molecule has 0 saturated heterocycles. The van der Waals surface area contributed by atoms with Crippen molar-refractivity contribution in [3.05, 3.63) is 82.4 Å². The molecule has 3 rings (SSSR count). The van der Waals surface area contributed by atoms with Crippen LogP contribution in [0.2, 0.25) is 0 Å². The first-order valence-corrected chi connectivity index (χ1v) is 16.9. The van der Waals surface area contributed by atoms with Gasteiger partial charge < -0.3 is 58.1 Å². The second kappa shape index (κ2) is 21.8. The van der Waals surface area contributed by atoms with Gasteiger partial charge in [0.05, 0.1) is 26.2 Å². The Balaban J connectivity index is 1.82. The molecule has 0 aromatic heterocycles. The summed E-state index contributed by atoms with van der Waals surface area (Å²) in [6.45, 7) is -0.581. The van der Waals surface area contributed by atoms with E-state index in [0.717, 1.165) is 11.1 Å². The fourth-order valence-corrected chi connectivity index (χ4v) is 5.11. The number of carboxylic acids is 2. The number of nitrogens with two attached hydrogens (primary N) is 2. The van der Waals surface area contributed by atoms with Gasteiger partial charge in [0.25, 0.3) is 0 Å². The predicted molar refractivity (Wildman–Crippen MR) is 197 cm³/mol. The number of guanidine groups is 1. The van der Waals surface area contributed by atoms with Crippen LogP contribution in [0.1, 0.15) is 47.1 Å². The van der Waals surface area contributed by atoms with Crippen molar-refractivity contribution in [1.82, 2.24) is 26.6 Å². The largest absolute Gasteiger partial charge is 0.481 e. The Morgan fingerprint density at radius 2 is 1.44 bits per heavy atom. The Kier molecular flexibility index (Phi) is 17.0. The summed E-state index contributed by atoms with van der Waals surface area (Å²) in [5.41, 5.74) is 14.7. The number of aliphatic imine (C=N–C) groups is 1. The molecular formula is C36H44N8O11. The highest BCUT2D eigenvalue weighted by Crippen LogP contribution is 2.21. The number of amides is 5. The van der Waals surface area contributed by atoms with Gasteiger partial charge in [-0.15, -0.1) is 0 Å². The molecule has 1 aliphatic heterocycles. The SMILES string of the molecule is NC(N)=NCCC[C@@H](NC(=O)C(CNC(=O)/C=C/c1cccc(CO)c1)NC(=O)/C=C/c1ccc2c(c1)COC2)C(=O)N[C@H](CC(=O)O)C(=O)NCC(=O)O. The van der Waals surface area contributed by atoms with Gasteiger partial charge >= 0.3 is 11.9 Å². The van der Waals surface area contributed by atoms with Crippen LogP contribution < -0.4 is 38.1 Å². The average molecular weight is 765 g/mol. The van der Waals surface area contributed by atoms with Crippen molar-refractivity contribution < 1.29 is 53.6 Å². The number of carbonyl (C=O) groups excluding carboxylic acids is 5. The smallest absolute Gasteiger partial charge is 0.322 e. The van der Waals surface area contributed by atoms with E-state index >= 15 is 0 Å². The average Bonchev–Trinajstić information content (AvgIpc) is 3.62. The maximum Gasteiger partial charge on any atom is 0.322 e. The summed E-state index contributed by atoms with van der Waals surface area (Å²) < 4.78 is 5.42. The van der Waals surface area contributed by atoms with Crippen LogP contribution in [0, 0.1) is 0 Å². The van der Waals surface area contributed by atoms with E-state index in [1.54, 1.807) is 30.3 Å². The molecule has 19 nitrogen and oxygen atoms in total. The Morgan fingerprint density at radius 3 is 2.13 bits per heavy atom. The van der Waals surface area contributed by atoms with Crippen molar-refractivity contribution in [1.29, 1.82) is 0 Å². The monoisotopic (exact) mass is 764 g/mol. The minimum atomic E-state index is -1.72. The molecule has 55 heavy (non-hydrogen) atoms. The lowest BCUT2D eigenvalue weighted by molar-refractivity contribution is -0.141. The summed E-state index contributed by atoms with van der Waals surface area (Å²) >= 11 is 0. The Labute approximate surface area is 315 Å². The first-order valence-electron chi connectivity index (χ1n) is 16.9. The van der Waals surface area contributed by atoms with Gasteiger partial charge in [0.1, 0.15) is 24.7 Å². The molecule has 0 radical (unpaired) electrons. The van der Waals surface area contributed by atoms with E-state index in [0.29, 0.717) is 29.9 Å². The third-order valence-electron chi connectivity index (χ3n) is 7.85. The minimum Gasteiger partial charge on any atom is -0.481 e. The van der Waals surface area contributed by atoms with E-state index in [1.165, 1.54) is 24.3 Å². The molecular weight excluding hydrogens is 720 g/mol. The van der Waals surface area contributed by atoms with Gasteiger partial charge in [-0.05, 0) is 64.9 Å². The lowest BCUT2D eigenvalue weighted by atomic mass is 10.1. The minimum absolute atomic E-state index is 0.0169. The van der Waals surface area contributed by atoms with Crippen LogP contribution in [0.25, 0.3) is 12.2 Å². The van der Waals surface area contributed by atoms with Gasteiger partial charge in [-0.3, -0.25) is 38.6 Å². The Bertz CT molecular complexity index is 1820. The number of aliphatic carboxylic acids is 2. The van der Waals surface area contributed by atoms with E-state index in [1.807, 2.05) is 17.4 Å². The van der Waals surface area contributed by atoms with Gasteiger partial charge in [0, 0.05) is 25.2 Å². The summed E-state index contributed by atoms with van der Waals surface area (Å²) in [6.07, 6.45) is 4.40. The number of aliphatic hydroxyl groups is 1. The van der Waals surface area contributed by atoms with Crippen LogP contribution in [0.4, 0.5) is 0 Å². The number of hydrogen-bond donors (Lipinski definition) is 10. The number of carboxylic acid groups (broad SMARTS) is 2. The van der Waals surface area contributed by atoms with Crippen molar-refractivity contribution >= 4 is 59.6 Å². The standard InChI is InChI=1S/C36H44N8O11/c37-36(38)39-12-2-5-26(34(53)44-27(15-31(48)49)33(52)41-17-32(50)51)43-35(54)28(16-40-29(46)10-7-21-3-1-4-23(13-21)18-45)42-30(47)11-8-22-6-9-24-19-55-20-25(24)14-22/h1,3-4,6-11,13-14,26-28,45H,2,5,12,15-20H2,(H,40,46)(H,41,52)(H,42,47)(H,43,54)(H,44,53)(H,48,49)(H,50,51)(H4,37,38,39)/b10-7+,11-8+/t26-,27-,28?/m1/s1. The van der Waals surface area contributed by atoms with Crippen molar-refractivity contribution in [3.63, 3.8) is 0 Å². The van der Waals surface area contributed by atoms with Crippen molar-refractivity contribution in [2.75, 3.05) is 19.6 Å². The van der Waals surface area contributed by atoms with Crippen molar-refractivity contribution in [2.45, 2.75) is 57.2 Å². The molecule has 3 atom stereocenters. The molecule has 0 saturated carbocycles. The van der Waals surface area contributed by atoms with E-state index in [4.69, 9.17) is 21.3 Å². The number of nitrogens with zero attached hydrogens (tertiary/aromatic N) is 1. The second-order valence-corrected chi connectivity index (χ2v) is 12.2. The summed E-state index contributed by atoms with van der Waals surface area (Å²) in [6, 6.07) is 7.62. The Hall–Kier alpha value is -6.60. The van der Waals surface area contributed by atoms with E-state index in [9.17, 15) is 43.8 Å². The van der Waals surface area contributed by atoms with Crippen LogP contribution in [0.5, 0.6) is 0 Å². The number of ether oxygens (including phenoxy) is 1. The molecule has 1 unspecified atom stereocenters. The lowest BCUT2D eigenvalue weighted by Gasteiger charge is -2.25. The molecule has 2 aromatic carbocycles. The molecule has 0 aliphatic carbocycles. The van der Waals surface area contributed by atoms with Gasteiger partial charge in [0.15, 0.2) is 5.96 Å². The van der Waals surface area contributed by atoms with Crippen LogP contribution in [-0.2, 0) is 58.1 Å². The topological polar surface area (TPSA) is 314 Å². The Morgan fingerprint density at radius 1 is 0.764 bits per heavy atom. The molecule has 1 heterocycles. The fraction of sp³-hybridized carbons (Fsp3) is 0.333. The number of fused-ring (bicyclic) bond motifs is 1. The summed E-state index contributed by atoms with van der Waals surface area (Å²) in [4.78, 5) is 91.9. The second-order valence-electron chi connectivity index (χ2n) is 12.2. The van der Waals surface area contributed by atoms with Crippen LogP contribution in [-0.4, -0.2) is 101 Å². The lowest BCUT2D eigenvalue weighted by Crippen LogP contribution is -2.58. The third-order valence-corrected chi connectivity index (χ3v) is 7.85. The molecule has 2 aromatic rings. The van der Waals surface area contributed by atoms with Crippen LogP contribution >= 0.6 is 0 Å². The van der Waals surface area contributed by atoms with Gasteiger partial charge in [-0.2, -0.15) is 0 Å². The number of aliphatic hydroxyl groups excluding tert-OH is 1. The van der Waals surface area contributed by atoms with Crippen molar-refractivity contribution in [3.8, 4) is 0 Å². The number of carbonyl (C=O) groups is 7. The maximum atomic E-state index is 13.7. The van der Waals surface area contributed by atoms with Gasteiger partial charge in [0.2, 0.25) is 29.5 Å². The number of hydrogen-bond acceptors (Lipinski definition) is 10. The first-order chi connectivity index (χ1) is 26.2. The zero-order chi connectivity index (χ0) is 40.3. The van der Waals surface area contributed by atoms with Crippen LogP contribution in [0.15, 0.2) is 59.6 Å².